The third kappa shape index (κ3) is 1.26. The zero-order valence-electron chi connectivity index (χ0n) is 12.3. The molecule has 2 N–H and O–H groups in total. The number of amides is 2. The van der Waals surface area contributed by atoms with E-state index in [-0.39, 0.29) is 11.8 Å². The Bertz CT molecular complexity index is 697. The summed E-state index contributed by atoms with van der Waals surface area (Å²) in [6.45, 7) is 3.91. The Morgan fingerprint density at radius 3 is 2.76 bits per heavy atom. The molecule has 2 heterocycles. The van der Waals surface area contributed by atoms with E-state index in [2.05, 4.69) is 5.32 Å². The van der Waals surface area contributed by atoms with Crippen LogP contribution in [0.2, 0.25) is 0 Å². The van der Waals surface area contributed by atoms with Crippen LogP contribution in [0.15, 0.2) is 18.2 Å². The summed E-state index contributed by atoms with van der Waals surface area (Å²) in [7, 11) is 1.65. The van der Waals surface area contributed by atoms with Crippen molar-refractivity contribution in [2.24, 2.45) is 11.8 Å². The number of nitrogens with one attached hydrogen (secondary N) is 1. The molecule has 2 amide bonds. The average Bonchev–Trinajstić information content (AvgIpc) is 2.76. The Morgan fingerprint density at radius 1 is 1.33 bits per heavy atom. The van der Waals surface area contributed by atoms with Crippen LogP contribution in [0.1, 0.15) is 25.0 Å². The summed E-state index contributed by atoms with van der Waals surface area (Å²) in [5.74, 6) is -1.42. The lowest BCUT2D eigenvalue weighted by Gasteiger charge is -2.39. The van der Waals surface area contributed by atoms with Crippen molar-refractivity contribution < 1.29 is 14.7 Å². The van der Waals surface area contributed by atoms with Crippen molar-refractivity contribution in [3.05, 3.63) is 29.3 Å². The molecule has 1 aromatic carbocycles. The number of nitrogens with zero attached hydrogens (tertiary/aromatic N) is 1. The molecule has 0 bridgehead atoms. The monoisotopic (exact) mass is 286 g/mol. The molecule has 0 radical (unpaired) electrons. The van der Waals surface area contributed by atoms with Gasteiger partial charge in [0, 0.05) is 24.1 Å². The fraction of sp³-hybridized carbons (Fsp3) is 0.500. The number of fused-ring (bicyclic) bond motifs is 2. The fourth-order valence-corrected chi connectivity index (χ4v) is 4.41. The SMILES string of the molecule is CN1C(=O)C2(O)c3c(cccc31)C[C@@H]1[C@H]2C(=O)NC1(C)C. The summed E-state index contributed by atoms with van der Waals surface area (Å²) in [6.07, 6.45) is 0.697. The number of likely N-dealkylation sites (N-methyl/N-ethyl adjacent to an activating group) is 1. The minimum Gasteiger partial charge on any atom is -0.375 e. The molecule has 1 fully saturated rings. The maximum atomic E-state index is 12.7. The van der Waals surface area contributed by atoms with Crippen LogP contribution in [0.25, 0.3) is 0 Å². The summed E-state index contributed by atoms with van der Waals surface area (Å²) in [5, 5.41) is 14.2. The van der Waals surface area contributed by atoms with E-state index >= 15 is 0 Å². The quantitative estimate of drug-likeness (QED) is 0.731. The Kier molecular flexibility index (Phi) is 2.12. The number of aliphatic hydroxyl groups is 1. The Hall–Kier alpha value is -1.88. The largest absolute Gasteiger partial charge is 0.375 e. The third-order valence-corrected chi connectivity index (χ3v) is 5.45. The smallest absolute Gasteiger partial charge is 0.264 e. The van der Waals surface area contributed by atoms with E-state index in [0.29, 0.717) is 12.0 Å². The van der Waals surface area contributed by atoms with Gasteiger partial charge in [-0.3, -0.25) is 9.59 Å². The first kappa shape index (κ1) is 12.8. The maximum Gasteiger partial charge on any atom is 0.264 e. The van der Waals surface area contributed by atoms with Gasteiger partial charge in [-0.2, -0.15) is 0 Å². The van der Waals surface area contributed by atoms with Gasteiger partial charge in [0.1, 0.15) is 0 Å². The van der Waals surface area contributed by atoms with E-state index in [1.807, 2.05) is 32.0 Å². The van der Waals surface area contributed by atoms with Gasteiger partial charge in [0.25, 0.3) is 5.91 Å². The summed E-state index contributed by atoms with van der Waals surface area (Å²) in [5.41, 5.74) is 0.176. The molecule has 1 saturated heterocycles. The molecule has 4 rings (SSSR count). The molecular weight excluding hydrogens is 268 g/mol. The second-order valence-electron chi connectivity index (χ2n) is 6.94. The highest BCUT2D eigenvalue weighted by molar-refractivity contribution is 6.10. The van der Waals surface area contributed by atoms with Crippen molar-refractivity contribution >= 4 is 17.5 Å². The van der Waals surface area contributed by atoms with Gasteiger partial charge in [0.15, 0.2) is 5.60 Å². The lowest BCUT2D eigenvalue weighted by atomic mass is 9.63. The number of carbonyl (C=O) groups is 2. The molecule has 0 aromatic heterocycles. The van der Waals surface area contributed by atoms with E-state index < -0.39 is 23.0 Å². The van der Waals surface area contributed by atoms with Gasteiger partial charge in [0.2, 0.25) is 5.91 Å². The first-order valence-electron chi connectivity index (χ1n) is 7.23. The van der Waals surface area contributed by atoms with Crippen LogP contribution in [0.5, 0.6) is 0 Å². The molecule has 21 heavy (non-hydrogen) atoms. The zero-order chi connectivity index (χ0) is 15.2. The minimum absolute atomic E-state index is 0.0896. The van der Waals surface area contributed by atoms with Crippen LogP contribution in [0.4, 0.5) is 5.69 Å². The van der Waals surface area contributed by atoms with Crippen molar-refractivity contribution in [2.75, 3.05) is 11.9 Å². The van der Waals surface area contributed by atoms with E-state index in [1.54, 1.807) is 7.05 Å². The molecule has 0 saturated carbocycles. The van der Waals surface area contributed by atoms with Gasteiger partial charge in [-0.25, -0.2) is 0 Å². The van der Waals surface area contributed by atoms with Crippen LogP contribution in [-0.2, 0) is 21.6 Å². The lowest BCUT2D eigenvalue weighted by Crippen LogP contribution is -2.52. The van der Waals surface area contributed by atoms with Crippen LogP contribution >= 0.6 is 0 Å². The number of hydrogen-bond acceptors (Lipinski definition) is 3. The molecule has 5 nitrogen and oxygen atoms in total. The summed E-state index contributed by atoms with van der Waals surface area (Å²) < 4.78 is 0. The topological polar surface area (TPSA) is 69.6 Å². The summed E-state index contributed by atoms with van der Waals surface area (Å²) in [4.78, 5) is 26.6. The van der Waals surface area contributed by atoms with Gasteiger partial charge >= 0.3 is 0 Å². The second kappa shape index (κ2) is 3.47. The van der Waals surface area contributed by atoms with Crippen LogP contribution in [-0.4, -0.2) is 29.5 Å². The van der Waals surface area contributed by atoms with Crippen molar-refractivity contribution in [3.63, 3.8) is 0 Å². The van der Waals surface area contributed by atoms with Gasteiger partial charge in [-0.05, 0) is 31.9 Å². The summed E-state index contributed by atoms with van der Waals surface area (Å²) in [6, 6.07) is 5.68. The first-order chi connectivity index (χ1) is 9.78. The number of carbonyl (C=O) groups excluding carboxylic acids is 2. The first-order valence-corrected chi connectivity index (χ1v) is 7.23. The second-order valence-corrected chi connectivity index (χ2v) is 6.94. The summed E-state index contributed by atoms with van der Waals surface area (Å²) >= 11 is 0. The molecule has 1 aromatic rings. The van der Waals surface area contributed by atoms with Gasteiger partial charge in [-0.1, -0.05) is 12.1 Å². The van der Waals surface area contributed by atoms with Gasteiger partial charge in [0.05, 0.1) is 11.6 Å². The van der Waals surface area contributed by atoms with Crippen LogP contribution in [0.3, 0.4) is 0 Å². The van der Waals surface area contributed by atoms with Crippen molar-refractivity contribution in [1.82, 2.24) is 5.32 Å². The number of anilines is 1. The normalized spacial score (nSPS) is 35.5. The van der Waals surface area contributed by atoms with Crippen molar-refractivity contribution in [3.8, 4) is 0 Å². The number of benzene rings is 1. The number of rotatable bonds is 0. The molecule has 2 aliphatic heterocycles. The molecule has 1 unspecified atom stereocenters. The third-order valence-electron chi connectivity index (χ3n) is 5.45. The average molecular weight is 286 g/mol. The van der Waals surface area contributed by atoms with Crippen LogP contribution in [0, 0.1) is 11.8 Å². The highest BCUT2D eigenvalue weighted by Gasteiger charge is 2.66. The highest BCUT2D eigenvalue weighted by Crippen LogP contribution is 2.55. The van der Waals surface area contributed by atoms with E-state index in [0.717, 1.165) is 11.3 Å². The van der Waals surface area contributed by atoms with E-state index in [4.69, 9.17) is 0 Å². The predicted octanol–water partition coefficient (Wildman–Crippen LogP) is 0.547. The molecule has 0 spiro atoms. The lowest BCUT2D eigenvalue weighted by molar-refractivity contribution is -0.152. The Balaban J connectivity index is 2.03. The molecule has 1 aliphatic carbocycles. The van der Waals surface area contributed by atoms with Gasteiger partial charge in [-0.15, -0.1) is 0 Å². The minimum atomic E-state index is -1.72. The molecule has 3 aliphatic rings. The molecule has 110 valence electrons. The van der Waals surface area contributed by atoms with Gasteiger partial charge < -0.3 is 15.3 Å². The predicted molar refractivity (Wildman–Crippen MR) is 76.7 cm³/mol. The molecule has 3 atom stereocenters. The standard InChI is InChI=1S/C16H18N2O3/c1-15(2)9-7-8-5-4-6-10-11(8)16(21,14(20)18(10)3)12(9)13(19)17-15/h4-6,9,12,21H,7H2,1-3H3,(H,17,19)/t9-,12+,16?/m1/s1. The Morgan fingerprint density at radius 2 is 2.05 bits per heavy atom. The molecule has 5 heteroatoms. The maximum absolute atomic E-state index is 12.7. The fourth-order valence-electron chi connectivity index (χ4n) is 4.41. The van der Waals surface area contributed by atoms with E-state index in [9.17, 15) is 14.7 Å². The Labute approximate surface area is 122 Å². The van der Waals surface area contributed by atoms with Crippen molar-refractivity contribution in [2.45, 2.75) is 31.4 Å². The van der Waals surface area contributed by atoms with Crippen LogP contribution < -0.4 is 10.2 Å². The highest BCUT2D eigenvalue weighted by atomic mass is 16.3. The zero-order valence-corrected chi connectivity index (χ0v) is 12.3. The molecular formula is C16H18N2O3. The van der Waals surface area contributed by atoms with E-state index in [1.165, 1.54) is 4.90 Å². The number of hydrogen-bond donors (Lipinski definition) is 2. The van der Waals surface area contributed by atoms with Crippen molar-refractivity contribution in [1.29, 1.82) is 0 Å².